The Balaban J connectivity index is 2.41. The van der Waals surface area contributed by atoms with Crippen LogP contribution in [0.15, 0.2) is 0 Å². The van der Waals surface area contributed by atoms with E-state index >= 15 is 0 Å². The van der Waals surface area contributed by atoms with E-state index in [9.17, 15) is 4.79 Å². The highest BCUT2D eigenvalue weighted by Gasteiger charge is 2.29. The molecule has 5 nitrogen and oxygen atoms in total. The molecule has 1 rings (SSSR count). The van der Waals surface area contributed by atoms with E-state index < -0.39 is 5.60 Å². The lowest BCUT2D eigenvalue weighted by Gasteiger charge is -2.39. The summed E-state index contributed by atoms with van der Waals surface area (Å²) in [6, 6.07) is 0.326. The van der Waals surface area contributed by atoms with Crippen molar-refractivity contribution >= 4 is 6.09 Å². The molecule has 0 aromatic carbocycles. The predicted octanol–water partition coefficient (Wildman–Crippen LogP) is 2.24. The van der Waals surface area contributed by atoms with E-state index in [4.69, 9.17) is 11.3 Å². The second kappa shape index (κ2) is 6.76. The number of hydrogen-bond donors (Lipinski definition) is 0. The molecule has 0 aliphatic carbocycles. The summed E-state index contributed by atoms with van der Waals surface area (Å²) in [5, 5.41) is 0. The maximum atomic E-state index is 12.0. The first kappa shape index (κ1) is 15.8. The van der Waals surface area contributed by atoms with E-state index in [1.165, 1.54) is 0 Å². The minimum atomic E-state index is -0.437. The summed E-state index contributed by atoms with van der Waals surface area (Å²) in [6.07, 6.45) is 0.681. The fourth-order valence-electron chi connectivity index (χ4n) is 2.17. The Kier molecular flexibility index (Phi) is 5.61. The van der Waals surface area contributed by atoms with E-state index in [1.54, 1.807) is 4.90 Å². The minimum Gasteiger partial charge on any atom is -0.444 e. The van der Waals surface area contributed by atoms with Crippen molar-refractivity contribution in [3.8, 4) is 0 Å². The molecule has 1 aliphatic heterocycles. The van der Waals surface area contributed by atoms with E-state index in [0.717, 1.165) is 19.5 Å². The molecule has 1 saturated heterocycles. The third-order valence-corrected chi connectivity index (χ3v) is 3.13. The van der Waals surface area contributed by atoms with E-state index in [-0.39, 0.29) is 6.09 Å². The molecule has 108 valence electrons. The van der Waals surface area contributed by atoms with Gasteiger partial charge in [-0.1, -0.05) is 0 Å². The Morgan fingerprint density at radius 3 is 2.63 bits per heavy atom. The van der Waals surface area contributed by atoms with Crippen LogP contribution in [0.4, 0.5) is 4.79 Å². The number of piperazine rings is 1. The maximum absolute atomic E-state index is 12.0. The molecule has 1 heterocycles. The van der Waals surface area contributed by atoms with Crippen molar-refractivity contribution in [3.63, 3.8) is 0 Å². The van der Waals surface area contributed by atoms with Crippen molar-refractivity contribution in [2.24, 2.45) is 0 Å². The molecule has 0 bridgehead atoms. The first-order valence-electron chi connectivity index (χ1n) is 6.88. The molecule has 1 amide bonds. The van der Waals surface area contributed by atoms with Crippen LogP contribution in [0, 0.1) is 6.57 Å². The molecule has 1 aliphatic rings. The van der Waals surface area contributed by atoms with Crippen LogP contribution >= 0.6 is 0 Å². The summed E-state index contributed by atoms with van der Waals surface area (Å²) >= 11 is 0. The van der Waals surface area contributed by atoms with Crippen LogP contribution in [0.3, 0.4) is 0 Å². The Bertz CT molecular complexity index is 344. The Morgan fingerprint density at radius 1 is 1.42 bits per heavy atom. The van der Waals surface area contributed by atoms with Gasteiger partial charge in [0, 0.05) is 38.6 Å². The smallest absolute Gasteiger partial charge is 0.410 e. The summed E-state index contributed by atoms with van der Waals surface area (Å²) < 4.78 is 5.39. The van der Waals surface area contributed by atoms with Crippen LogP contribution in [0.2, 0.25) is 0 Å². The number of carbonyl (C=O) groups excluding carboxylic acids is 1. The molecule has 1 fully saturated rings. The quantitative estimate of drug-likeness (QED) is 0.581. The summed E-state index contributed by atoms with van der Waals surface area (Å²) in [4.78, 5) is 19.5. The second-order valence-electron chi connectivity index (χ2n) is 6.05. The van der Waals surface area contributed by atoms with Gasteiger partial charge < -0.3 is 14.5 Å². The predicted molar refractivity (Wildman–Crippen MR) is 74.9 cm³/mol. The molecular weight excluding hydrogens is 242 g/mol. The van der Waals surface area contributed by atoms with E-state index in [0.29, 0.717) is 25.7 Å². The summed E-state index contributed by atoms with van der Waals surface area (Å²) in [5.74, 6) is 0. The van der Waals surface area contributed by atoms with Gasteiger partial charge >= 0.3 is 6.09 Å². The first-order chi connectivity index (χ1) is 8.83. The standard InChI is InChI=1S/C14H25N3O2/c1-12-11-17(13(18)19-14(2,3)4)10-9-16(12)8-6-7-15-5/h12H,6-11H2,1-4H3. The molecule has 0 radical (unpaired) electrons. The van der Waals surface area contributed by atoms with Crippen LogP contribution in [0.25, 0.3) is 4.85 Å². The minimum absolute atomic E-state index is 0.222. The number of amides is 1. The fraction of sp³-hybridized carbons (Fsp3) is 0.857. The average molecular weight is 267 g/mol. The molecule has 0 saturated carbocycles. The van der Waals surface area contributed by atoms with Crippen LogP contribution in [-0.4, -0.2) is 60.3 Å². The van der Waals surface area contributed by atoms with E-state index in [2.05, 4.69) is 16.7 Å². The van der Waals surface area contributed by atoms with Gasteiger partial charge in [0.05, 0.1) is 0 Å². The zero-order valence-electron chi connectivity index (χ0n) is 12.5. The zero-order valence-corrected chi connectivity index (χ0v) is 12.5. The normalized spacial score (nSPS) is 21.0. The molecule has 0 spiro atoms. The summed E-state index contributed by atoms with van der Waals surface area (Å²) in [5.41, 5.74) is -0.437. The number of nitrogens with zero attached hydrogens (tertiary/aromatic N) is 3. The monoisotopic (exact) mass is 267 g/mol. The Labute approximate surface area is 116 Å². The fourth-order valence-corrected chi connectivity index (χ4v) is 2.17. The van der Waals surface area contributed by atoms with Gasteiger partial charge in [-0.05, 0) is 27.7 Å². The highest BCUT2D eigenvalue weighted by atomic mass is 16.6. The molecule has 0 aromatic heterocycles. The third-order valence-electron chi connectivity index (χ3n) is 3.13. The number of ether oxygens (including phenoxy) is 1. The summed E-state index contributed by atoms with van der Waals surface area (Å²) in [7, 11) is 0. The molecule has 1 unspecified atom stereocenters. The van der Waals surface area contributed by atoms with Crippen LogP contribution in [0.5, 0.6) is 0 Å². The first-order valence-corrected chi connectivity index (χ1v) is 6.88. The molecule has 0 N–H and O–H groups in total. The summed E-state index contributed by atoms with van der Waals surface area (Å²) in [6.45, 7) is 18.3. The van der Waals surface area contributed by atoms with Gasteiger partial charge in [-0.3, -0.25) is 4.90 Å². The Morgan fingerprint density at radius 2 is 2.11 bits per heavy atom. The molecule has 19 heavy (non-hydrogen) atoms. The van der Waals surface area contributed by atoms with Gasteiger partial charge in [-0.25, -0.2) is 11.4 Å². The number of rotatable bonds is 3. The van der Waals surface area contributed by atoms with Crippen LogP contribution < -0.4 is 0 Å². The van der Waals surface area contributed by atoms with Crippen LogP contribution in [0.1, 0.15) is 34.1 Å². The largest absolute Gasteiger partial charge is 0.444 e. The second-order valence-corrected chi connectivity index (χ2v) is 6.05. The lowest BCUT2D eigenvalue weighted by Crippen LogP contribution is -2.54. The zero-order chi connectivity index (χ0) is 14.5. The molecule has 0 aromatic rings. The van der Waals surface area contributed by atoms with Gasteiger partial charge in [-0.15, -0.1) is 0 Å². The average Bonchev–Trinajstić information content (AvgIpc) is 2.29. The van der Waals surface area contributed by atoms with Gasteiger partial charge in [0.15, 0.2) is 0 Å². The van der Waals surface area contributed by atoms with Gasteiger partial charge in [0.1, 0.15) is 5.60 Å². The van der Waals surface area contributed by atoms with Crippen LogP contribution in [-0.2, 0) is 4.74 Å². The highest BCUT2D eigenvalue weighted by molar-refractivity contribution is 5.68. The van der Waals surface area contributed by atoms with Crippen molar-refractivity contribution in [1.82, 2.24) is 9.80 Å². The van der Waals surface area contributed by atoms with Crippen molar-refractivity contribution < 1.29 is 9.53 Å². The van der Waals surface area contributed by atoms with Crippen molar-refractivity contribution in [2.75, 3.05) is 32.7 Å². The highest BCUT2D eigenvalue weighted by Crippen LogP contribution is 2.15. The van der Waals surface area contributed by atoms with Crippen molar-refractivity contribution in [2.45, 2.75) is 45.8 Å². The topological polar surface area (TPSA) is 37.1 Å². The van der Waals surface area contributed by atoms with E-state index in [1.807, 2.05) is 20.8 Å². The molecular formula is C14H25N3O2. The molecule has 5 heteroatoms. The number of carbonyl (C=O) groups is 1. The van der Waals surface area contributed by atoms with Crippen molar-refractivity contribution in [3.05, 3.63) is 11.4 Å². The van der Waals surface area contributed by atoms with Gasteiger partial charge in [0.2, 0.25) is 6.54 Å². The lowest BCUT2D eigenvalue weighted by atomic mass is 10.2. The van der Waals surface area contributed by atoms with Gasteiger partial charge in [-0.2, -0.15) is 0 Å². The third kappa shape index (κ3) is 5.48. The Hall–Kier alpha value is -1.28. The maximum Gasteiger partial charge on any atom is 0.410 e. The SMILES string of the molecule is [C-]#[N+]CCCN1CCN(C(=O)OC(C)(C)C)CC1C. The van der Waals surface area contributed by atoms with Crippen molar-refractivity contribution in [1.29, 1.82) is 0 Å². The number of hydrogen-bond acceptors (Lipinski definition) is 3. The molecule has 1 atom stereocenters. The lowest BCUT2D eigenvalue weighted by molar-refractivity contribution is 0.00583. The van der Waals surface area contributed by atoms with Gasteiger partial charge in [0.25, 0.3) is 0 Å².